The Kier molecular flexibility index (Phi) is 3.87. The molecule has 2 aromatic carbocycles. The van der Waals surface area contributed by atoms with Crippen molar-refractivity contribution in [2.75, 3.05) is 0 Å². The molecular weight excluding hydrogens is 284 g/mol. The van der Waals surface area contributed by atoms with Crippen LogP contribution in [0.15, 0.2) is 63.4 Å². The molecule has 0 bridgehead atoms. The van der Waals surface area contributed by atoms with Crippen molar-refractivity contribution in [3.63, 3.8) is 0 Å². The van der Waals surface area contributed by atoms with E-state index in [1.54, 1.807) is 24.3 Å². The molecule has 0 saturated carbocycles. The lowest BCUT2D eigenvalue weighted by atomic mass is 10.2. The predicted octanol–water partition coefficient (Wildman–Crippen LogP) is 2.47. The summed E-state index contributed by atoms with van der Waals surface area (Å²) in [5.74, 6) is 5.03. The summed E-state index contributed by atoms with van der Waals surface area (Å²) in [6, 6.07) is 12.4. The molecule has 0 aliphatic carbocycles. The average Bonchev–Trinajstić information content (AvgIpc) is 2.40. The van der Waals surface area contributed by atoms with Crippen molar-refractivity contribution in [2.24, 2.45) is 10.9 Å². The molecule has 0 fully saturated rings. The molecule has 2 rings (SSSR count). The highest BCUT2D eigenvalue weighted by atomic mass is 35.5. The van der Waals surface area contributed by atoms with Crippen LogP contribution in [-0.2, 0) is 9.84 Å². The Balaban J connectivity index is 2.41. The van der Waals surface area contributed by atoms with Crippen LogP contribution in [0, 0.1) is 0 Å². The van der Waals surface area contributed by atoms with Gasteiger partial charge in [-0.2, -0.15) is 5.10 Å². The van der Waals surface area contributed by atoms with Gasteiger partial charge in [0.15, 0.2) is 0 Å². The molecule has 0 unspecified atom stereocenters. The lowest BCUT2D eigenvalue weighted by Gasteiger charge is -2.05. The van der Waals surface area contributed by atoms with E-state index in [4.69, 9.17) is 17.4 Å². The van der Waals surface area contributed by atoms with E-state index in [2.05, 4.69) is 5.10 Å². The van der Waals surface area contributed by atoms with Gasteiger partial charge < -0.3 is 5.84 Å². The van der Waals surface area contributed by atoms with Crippen LogP contribution in [0.25, 0.3) is 0 Å². The van der Waals surface area contributed by atoms with E-state index in [-0.39, 0.29) is 9.79 Å². The summed E-state index contributed by atoms with van der Waals surface area (Å²) < 4.78 is 24.6. The fourth-order valence-corrected chi connectivity index (χ4v) is 2.96. The molecule has 98 valence electrons. The molecule has 0 spiro atoms. The highest BCUT2D eigenvalue weighted by Gasteiger charge is 2.16. The van der Waals surface area contributed by atoms with E-state index in [0.717, 1.165) is 5.56 Å². The van der Waals surface area contributed by atoms with Gasteiger partial charge in [-0.25, -0.2) is 8.42 Å². The normalized spacial score (nSPS) is 11.8. The van der Waals surface area contributed by atoms with E-state index in [0.29, 0.717) is 5.02 Å². The van der Waals surface area contributed by atoms with Gasteiger partial charge in [-0.3, -0.25) is 0 Å². The van der Waals surface area contributed by atoms with E-state index >= 15 is 0 Å². The van der Waals surface area contributed by atoms with Crippen molar-refractivity contribution in [2.45, 2.75) is 9.79 Å². The Morgan fingerprint density at radius 2 is 1.42 bits per heavy atom. The summed E-state index contributed by atoms with van der Waals surface area (Å²) in [5.41, 5.74) is 0.734. The zero-order valence-electron chi connectivity index (χ0n) is 9.82. The minimum atomic E-state index is -3.52. The fourth-order valence-electron chi connectivity index (χ4n) is 1.57. The Morgan fingerprint density at radius 3 is 1.89 bits per heavy atom. The highest BCUT2D eigenvalue weighted by molar-refractivity contribution is 7.91. The second-order valence-corrected chi connectivity index (χ2v) is 6.19. The summed E-state index contributed by atoms with van der Waals surface area (Å²) in [5, 5.41) is 3.87. The van der Waals surface area contributed by atoms with Gasteiger partial charge >= 0.3 is 0 Å². The summed E-state index contributed by atoms with van der Waals surface area (Å²) >= 11 is 5.74. The van der Waals surface area contributed by atoms with Gasteiger partial charge in [0.25, 0.3) is 0 Å². The van der Waals surface area contributed by atoms with Crippen LogP contribution in [0.5, 0.6) is 0 Å². The Bertz CT molecular complexity index is 692. The lowest BCUT2D eigenvalue weighted by molar-refractivity contribution is 0.596. The average molecular weight is 295 g/mol. The molecule has 0 aromatic heterocycles. The zero-order chi connectivity index (χ0) is 13.9. The maximum absolute atomic E-state index is 12.3. The first kappa shape index (κ1) is 13.6. The number of halogens is 1. The van der Waals surface area contributed by atoms with Crippen molar-refractivity contribution in [3.05, 3.63) is 59.1 Å². The molecule has 0 amide bonds. The number of rotatable bonds is 3. The minimum Gasteiger partial charge on any atom is -0.323 e. The molecule has 0 atom stereocenters. The number of hydrogen-bond donors (Lipinski definition) is 1. The van der Waals surface area contributed by atoms with Crippen molar-refractivity contribution < 1.29 is 8.42 Å². The van der Waals surface area contributed by atoms with Gasteiger partial charge in [0.1, 0.15) is 0 Å². The van der Waals surface area contributed by atoms with Gasteiger partial charge in [0.05, 0.1) is 16.0 Å². The SMILES string of the molecule is N/N=C\c1ccc(S(=O)(=O)c2ccc(Cl)cc2)cc1. The van der Waals surface area contributed by atoms with Crippen LogP contribution >= 0.6 is 11.6 Å². The van der Waals surface area contributed by atoms with Gasteiger partial charge in [-0.15, -0.1) is 0 Å². The van der Waals surface area contributed by atoms with Gasteiger partial charge in [-0.1, -0.05) is 23.7 Å². The van der Waals surface area contributed by atoms with Crippen molar-refractivity contribution in [1.82, 2.24) is 0 Å². The summed E-state index contributed by atoms with van der Waals surface area (Å²) in [7, 11) is -3.52. The van der Waals surface area contributed by atoms with Gasteiger partial charge in [0, 0.05) is 5.02 Å². The number of nitrogens with zero attached hydrogens (tertiary/aromatic N) is 1. The molecule has 19 heavy (non-hydrogen) atoms. The molecule has 0 radical (unpaired) electrons. The van der Waals surface area contributed by atoms with Crippen molar-refractivity contribution >= 4 is 27.7 Å². The number of hydrazone groups is 1. The zero-order valence-corrected chi connectivity index (χ0v) is 11.4. The van der Waals surface area contributed by atoms with Crippen LogP contribution < -0.4 is 5.84 Å². The predicted molar refractivity (Wildman–Crippen MR) is 75.1 cm³/mol. The Hall–Kier alpha value is -1.85. The van der Waals surface area contributed by atoms with E-state index < -0.39 is 9.84 Å². The molecule has 0 aliphatic heterocycles. The third-order valence-corrected chi connectivity index (χ3v) is 4.58. The van der Waals surface area contributed by atoms with Crippen LogP contribution in [-0.4, -0.2) is 14.6 Å². The maximum Gasteiger partial charge on any atom is 0.206 e. The first-order chi connectivity index (χ1) is 9.04. The van der Waals surface area contributed by atoms with Crippen molar-refractivity contribution in [1.29, 1.82) is 0 Å². The van der Waals surface area contributed by atoms with Crippen LogP contribution in [0.2, 0.25) is 5.02 Å². The molecule has 4 nitrogen and oxygen atoms in total. The summed E-state index contributed by atoms with van der Waals surface area (Å²) in [6.45, 7) is 0. The Labute approximate surface area is 116 Å². The Morgan fingerprint density at radius 1 is 0.947 bits per heavy atom. The lowest BCUT2D eigenvalue weighted by Crippen LogP contribution is -2.02. The van der Waals surface area contributed by atoms with Crippen LogP contribution in [0.1, 0.15) is 5.56 Å². The maximum atomic E-state index is 12.3. The smallest absolute Gasteiger partial charge is 0.206 e. The molecule has 2 N–H and O–H groups in total. The highest BCUT2D eigenvalue weighted by Crippen LogP contribution is 2.22. The number of benzene rings is 2. The molecule has 0 heterocycles. The summed E-state index contributed by atoms with van der Waals surface area (Å²) in [6.07, 6.45) is 1.44. The number of sulfone groups is 1. The van der Waals surface area contributed by atoms with Gasteiger partial charge in [0.2, 0.25) is 9.84 Å². The number of nitrogens with two attached hydrogens (primary N) is 1. The molecule has 2 aromatic rings. The van der Waals surface area contributed by atoms with Crippen molar-refractivity contribution in [3.8, 4) is 0 Å². The topological polar surface area (TPSA) is 72.5 Å². The first-order valence-electron chi connectivity index (χ1n) is 5.38. The molecular formula is C13H11ClN2O2S. The third-order valence-electron chi connectivity index (χ3n) is 2.54. The largest absolute Gasteiger partial charge is 0.323 e. The first-order valence-corrected chi connectivity index (χ1v) is 7.24. The molecule has 0 aliphatic rings. The van der Waals surface area contributed by atoms with Crippen LogP contribution in [0.3, 0.4) is 0 Å². The second-order valence-electron chi connectivity index (χ2n) is 3.80. The van der Waals surface area contributed by atoms with Crippen LogP contribution in [0.4, 0.5) is 0 Å². The minimum absolute atomic E-state index is 0.206. The molecule has 0 saturated heterocycles. The van der Waals surface area contributed by atoms with E-state index in [9.17, 15) is 8.42 Å². The van der Waals surface area contributed by atoms with Gasteiger partial charge in [-0.05, 0) is 42.0 Å². The fraction of sp³-hybridized carbons (Fsp3) is 0. The third kappa shape index (κ3) is 2.94. The molecule has 6 heteroatoms. The monoisotopic (exact) mass is 294 g/mol. The quantitative estimate of drug-likeness (QED) is 0.537. The standard InChI is InChI=1S/C13H11ClN2O2S/c14-11-3-7-13(8-4-11)19(17,18)12-5-1-10(2-6-12)9-16-15/h1-9H,15H2/b16-9-. The summed E-state index contributed by atoms with van der Waals surface area (Å²) in [4.78, 5) is 0.418. The van der Waals surface area contributed by atoms with E-state index in [1.807, 2.05) is 0 Å². The van der Waals surface area contributed by atoms with E-state index in [1.165, 1.54) is 30.5 Å². The second kappa shape index (κ2) is 5.42. The number of hydrogen-bond acceptors (Lipinski definition) is 4.